The monoisotopic (exact) mass is 302 g/mol. The molecule has 0 aliphatic carbocycles. The Bertz CT molecular complexity index is 612. The summed E-state index contributed by atoms with van der Waals surface area (Å²) < 4.78 is 5.14. The number of ether oxygens (including phenoxy) is 1. The second-order valence-electron chi connectivity index (χ2n) is 4.58. The van der Waals surface area contributed by atoms with Crippen LogP contribution in [0.3, 0.4) is 0 Å². The zero-order chi connectivity index (χ0) is 15.2. The molecule has 0 heterocycles. The molecule has 2 aromatic carbocycles. The van der Waals surface area contributed by atoms with Gasteiger partial charge < -0.3 is 15.8 Å². The summed E-state index contributed by atoms with van der Waals surface area (Å²) in [6.07, 6.45) is 0. The van der Waals surface area contributed by atoms with Gasteiger partial charge in [-0.1, -0.05) is 17.8 Å². The molecule has 3 N–H and O–H groups in total. The predicted molar refractivity (Wildman–Crippen MR) is 85.8 cm³/mol. The van der Waals surface area contributed by atoms with E-state index in [0.29, 0.717) is 0 Å². The Labute approximate surface area is 128 Å². The van der Waals surface area contributed by atoms with Crippen molar-refractivity contribution in [2.45, 2.75) is 22.8 Å². The number of benzene rings is 2. The van der Waals surface area contributed by atoms with Gasteiger partial charge in [-0.2, -0.15) is 0 Å². The van der Waals surface area contributed by atoms with Crippen LogP contribution in [0.25, 0.3) is 0 Å². The number of hydrogen-bond donors (Lipinski definition) is 2. The first-order valence-electron chi connectivity index (χ1n) is 6.57. The Morgan fingerprint density at radius 3 is 2.52 bits per heavy atom. The van der Waals surface area contributed by atoms with E-state index in [1.54, 1.807) is 25.8 Å². The van der Waals surface area contributed by atoms with Crippen LogP contribution >= 0.6 is 11.8 Å². The highest BCUT2D eigenvalue weighted by molar-refractivity contribution is 7.99. The zero-order valence-corrected chi connectivity index (χ0v) is 12.8. The minimum atomic E-state index is -0.525. The number of rotatable bonds is 5. The van der Waals surface area contributed by atoms with E-state index in [1.807, 2.05) is 48.5 Å². The van der Waals surface area contributed by atoms with E-state index in [2.05, 4.69) is 5.32 Å². The molecule has 0 saturated heterocycles. The van der Waals surface area contributed by atoms with Gasteiger partial charge in [-0.05, 0) is 49.4 Å². The van der Waals surface area contributed by atoms with Crippen LogP contribution in [0.15, 0.2) is 58.3 Å². The molecule has 0 spiro atoms. The smallest absolute Gasteiger partial charge is 0.240 e. The van der Waals surface area contributed by atoms with Crippen molar-refractivity contribution in [3.63, 3.8) is 0 Å². The molecule has 0 aliphatic heterocycles. The number of hydrogen-bond acceptors (Lipinski definition) is 4. The molecule has 0 fully saturated rings. The van der Waals surface area contributed by atoms with Gasteiger partial charge in [0, 0.05) is 15.5 Å². The Hall–Kier alpha value is -1.98. The van der Waals surface area contributed by atoms with Crippen molar-refractivity contribution in [3.8, 4) is 5.75 Å². The lowest BCUT2D eigenvalue weighted by Gasteiger charge is -2.09. The lowest BCUT2D eigenvalue weighted by Crippen LogP contribution is -2.32. The Kier molecular flexibility index (Phi) is 5.25. The van der Waals surface area contributed by atoms with E-state index in [9.17, 15) is 4.79 Å². The van der Waals surface area contributed by atoms with Crippen LogP contribution in [0.1, 0.15) is 6.92 Å². The topological polar surface area (TPSA) is 64.3 Å². The minimum absolute atomic E-state index is 0.193. The van der Waals surface area contributed by atoms with E-state index in [0.717, 1.165) is 21.2 Å². The van der Waals surface area contributed by atoms with Gasteiger partial charge in [0.15, 0.2) is 0 Å². The lowest BCUT2D eigenvalue weighted by molar-refractivity contribution is -0.117. The molecule has 1 atom stereocenters. The minimum Gasteiger partial charge on any atom is -0.497 e. The average Bonchev–Trinajstić information content (AvgIpc) is 2.48. The maximum absolute atomic E-state index is 11.6. The van der Waals surface area contributed by atoms with Crippen LogP contribution < -0.4 is 15.8 Å². The van der Waals surface area contributed by atoms with Crippen LogP contribution in [0.5, 0.6) is 5.75 Å². The number of amides is 1. The van der Waals surface area contributed by atoms with E-state index < -0.39 is 6.04 Å². The lowest BCUT2D eigenvalue weighted by atomic mass is 10.3. The summed E-state index contributed by atoms with van der Waals surface area (Å²) in [5.41, 5.74) is 6.29. The van der Waals surface area contributed by atoms with Crippen LogP contribution in [0.2, 0.25) is 0 Å². The number of anilines is 1. The fraction of sp³-hybridized carbons (Fsp3) is 0.188. The second-order valence-corrected chi connectivity index (χ2v) is 5.73. The average molecular weight is 302 g/mol. The molecular weight excluding hydrogens is 284 g/mol. The van der Waals surface area contributed by atoms with Crippen molar-refractivity contribution in [2.75, 3.05) is 12.4 Å². The summed E-state index contributed by atoms with van der Waals surface area (Å²) in [5, 5.41) is 2.79. The van der Waals surface area contributed by atoms with Crippen molar-refractivity contribution in [1.82, 2.24) is 0 Å². The van der Waals surface area contributed by atoms with Gasteiger partial charge in [0.2, 0.25) is 5.91 Å². The molecule has 5 heteroatoms. The first-order chi connectivity index (χ1) is 10.1. The van der Waals surface area contributed by atoms with Crippen molar-refractivity contribution in [1.29, 1.82) is 0 Å². The summed E-state index contributed by atoms with van der Waals surface area (Å²) in [6, 6.07) is 15.0. The second kappa shape index (κ2) is 7.15. The van der Waals surface area contributed by atoms with Crippen LogP contribution in [0, 0.1) is 0 Å². The maximum Gasteiger partial charge on any atom is 0.240 e. The molecule has 0 radical (unpaired) electrons. The van der Waals surface area contributed by atoms with Crippen molar-refractivity contribution >= 4 is 23.4 Å². The number of nitrogens with two attached hydrogens (primary N) is 1. The highest BCUT2D eigenvalue weighted by atomic mass is 32.2. The van der Waals surface area contributed by atoms with Gasteiger partial charge in [-0.25, -0.2) is 0 Å². The molecule has 21 heavy (non-hydrogen) atoms. The number of nitrogens with one attached hydrogen (secondary N) is 1. The van der Waals surface area contributed by atoms with E-state index in [-0.39, 0.29) is 5.91 Å². The standard InChI is InChI=1S/C16H18N2O2S/c1-11(17)16(19)18-12-4-3-5-15(10-12)21-14-8-6-13(20-2)7-9-14/h3-11H,17H2,1-2H3,(H,18,19). The largest absolute Gasteiger partial charge is 0.497 e. The predicted octanol–water partition coefficient (Wildman–Crippen LogP) is 3.13. The van der Waals surface area contributed by atoms with E-state index in [4.69, 9.17) is 10.5 Å². The van der Waals surface area contributed by atoms with E-state index in [1.165, 1.54) is 0 Å². The molecule has 110 valence electrons. The summed E-state index contributed by atoms with van der Waals surface area (Å²) in [5.74, 6) is 0.638. The summed E-state index contributed by atoms with van der Waals surface area (Å²) >= 11 is 1.62. The Balaban J connectivity index is 2.08. The molecule has 2 rings (SSSR count). The molecule has 4 nitrogen and oxygen atoms in total. The van der Waals surface area contributed by atoms with Gasteiger partial charge >= 0.3 is 0 Å². The third-order valence-electron chi connectivity index (χ3n) is 2.81. The molecular formula is C16H18N2O2S. The molecule has 0 bridgehead atoms. The molecule has 0 saturated carbocycles. The van der Waals surface area contributed by atoms with Crippen LogP contribution in [-0.4, -0.2) is 19.1 Å². The SMILES string of the molecule is COc1ccc(Sc2cccc(NC(=O)C(C)N)c2)cc1. The van der Waals surface area contributed by atoms with Gasteiger partial charge in [0.25, 0.3) is 0 Å². The zero-order valence-electron chi connectivity index (χ0n) is 12.0. The fourth-order valence-electron chi connectivity index (χ4n) is 1.67. The molecule has 0 aromatic heterocycles. The van der Waals surface area contributed by atoms with Crippen molar-refractivity contribution < 1.29 is 9.53 Å². The summed E-state index contributed by atoms with van der Waals surface area (Å²) in [6.45, 7) is 1.66. The molecule has 0 aliphatic rings. The maximum atomic E-state index is 11.6. The van der Waals surface area contributed by atoms with Crippen LogP contribution in [0.4, 0.5) is 5.69 Å². The first-order valence-corrected chi connectivity index (χ1v) is 7.38. The number of carbonyl (C=O) groups is 1. The summed E-state index contributed by atoms with van der Waals surface area (Å²) in [4.78, 5) is 13.7. The number of methoxy groups -OCH3 is 1. The van der Waals surface area contributed by atoms with Gasteiger partial charge in [0.1, 0.15) is 5.75 Å². The number of carbonyl (C=O) groups excluding carboxylic acids is 1. The van der Waals surface area contributed by atoms with Crippen molar-refractivity contribution in [2.24, 2.45) is 5.73 Å². The highest BCUT2D eigenvalue weighted by Gasteiger charge is 2.07. The third-order valence-corrected chi connectivity index (χ3v) is 3.81. The quantitative estimate of drug-likeness (QED) is 0.890. The van der Waals surface area contributed by atoms with Crippen LogP contribution in [-0.2, 0) is 4.79 Å². The fourth-order valence-corrected chi connectivity index (χ4v) is 2.55. The van der Waals surface area contributed by atoms with Gasteiger partial charge in [-0.3, -0.25) is 4.79 Å². The highest BCUT2D eigenvalue weighted by Crippen LogP contribution is 2.30. The van der Waals surface area contributed by atoms with Crippen molar-refractivity contribution in [3.05, 3.63) is 48.5 Å². The third kappa shape index (κ3) is 4.51. The first kappa shape index (κ1) is 15.4. The summed E-state index contributed by atoms with van der Waals surface area (Å²) in [7, 11) is 1.65. The Morgan fingerprint density at radius 1 is 1.19 bits per heavy atom. The molecule has 1 amide bonds. The normalized spacial score (nSPS) is 11.8. The molecule has 2 aromatic rings. The van der Waals surface area contributed by atoms with Gasteiger partial charge in [0.05, 0.1) is 13.2 Å². The van der Waals surface area contributed by atoms with E-state index >= 15 is 0 Å². The van der Waals surface area contributed by atoms with Gasteiger partial charge in [-0.15, -0.1) is 0 Å². The Morgan fingerprint density at radius 2 is 1.90 bits per heavy atom. The molecule has 1 unspecified atom stereocenters.